The first-order valence-electron chi connectivity index (χ1n) is 22.3. The smallest absolute Gasteiger partial charge is 0.146 e. The van der Waals surface area contributed by atoms with Gasteiger partial charge in [0.2, 0.25) is 0 Å². The lowest BCUT2D eigenvalue weighted by molar-refractivity contribution is -0.219. The fourth-order valence-corrected chi connectivity index (χ4v) is 14.8. The van der Waals surface area contributed by atoms with Crippen molar-refractivity contribution < 1.29 is 38.0 Å². The van der Waals surface area contributed by atoms with Gasteiger partial charge in [0.15, 0.2) is 0 Å². The summed E-state index contributed by atoms with van der Waals surface area (Å²) in [7, 11) is 7.03. The zero-order chi connectivity index (χ0) is 41.6. The van der Waals surface area contributed by atoms with Crippen LogP contribution in [-0.4, -0.2) is 83.0 Å². The SMILES string of the molecule is COCO[C@@H]1C[C@@](C)(Cc2ccncc2)C(=O)[C@H](C)C23CC[C@@H](C)[C@]1(C)C2[C@H](OC)CC3.COCO[C@@H]1C[C@H](C)C(=O)[C@H](C)C23CC[C@@H](C)[C@]1(C)C2[C@H](OC)CC3. The quantitative estimate of drug-likeness (QED) is 0.215. The van der Waals surface area contributed by atoms with Gasteiger partial charge in [0.1, 0.15) is 25.2 Å². The van der Waals surface area contributed by atoms with E-state index in [0.29, 0.717) is 54.9 Å². The maximum atomic E-state index is 14.3. The van der Waals surface area contributed by atoms with Crippen LogP contribution in [0, 0.1) is 68.5 Å². The largest absolute Gasteiger partial charge is 0.381 e. The molecular formula is C48H77NO8. The molecule has 4 unspecified atom stereocenters. The van der Waals surface area contributed by atoms with E-state index in [-0.39, 0.29) is 70.6 Å². The van der Waals surface area contributed by atoms with Crippen LogP contribution in [0.25, 0.3) is 0 Å². The van der Waals surface area contributed by atoms with Crippen LogP contribution in [0.1, 0.15) is 125 Å². The van der Waals surface area contributed by atoms with E-state index in [9.17, 15) is 9.59 Å². The molecule has 0 saturated heterocycles. The molecule has 1 aromatic heterocycles. The molecule has 1 heterocycles. The highest BCUT2D eigenvalue weighted by molar-refractivity contribution is 5.88. The van der Waals surface area contributed by atoms with Crippen LogP contribution in [0.3, 0.4) is 0 Å². The van der Waals surface area contributed by atoms with Crippen LogP contribution < -0.4 is 0 Å². The average molecular weight is 796 g/mol. The highest BCUT2D eigenvalue weighted by Gasteiger charge is 2.69. The molecule has 0 N–H and O–H groups in total. The van der Waals surface area contributed by atoms with Crippen molar-refractivity contribution in [1.82, 2.24) is 4.98 Å². The second-order valence-corrected chi connectivity index (χ2v) is 20.4. The fraction of sp³-hybridized carbons (Fsp3) is 0.854. The third-order valence-corrected chi connectivity index (χ3v) is 18.3. The third kappa shape index (κ3) is 7.32. The van der Waals surface area contributed by atoms with E-state index < -0.39 is 5.41 Å². The number of carbonyl (C=O) groups is 2. The van der Waals surface area contributed by atoms with Gasteiger partial charge in [-0.25, -0.2) is 0 Å². The summed E-state index contributed by atoms with van der Waals surface area (Å²) in [5, 5.41) is 0. The lowest BCUT2D eigenvalue weighted by Gasteiger charge is -2.62. The van der Waals surface area contributed by atoms with Crippen molar-refractivity contribution in [3.05, 3.63) is 30.1 Å². The second kappa shape index (κ2) is 17.3. The van der Waals surface area contributed by atoms with E-state index in [1.807, 2.05) is 38.7 Å². The molecule has 0 aromatic carbocycles. The summed E-state index contributed by atoms with van der Waals surface area (Å²) in [5.74, 6) is 2.71. The number of rotatable bonds is 10. The minimum Gasteiger partial charge on any atom is -0.381 e. The number of nitrogens with zero attached hydrogens (tertiary/aromatic N) is 1. The molecule has 6 saturated carbocycles. The van der Waals surface area contributed by atoms with Crippen molar-refractivity contribution in [3.8, 4) is 0 Å². The Morgan fingerprint density at radius 1 is 0.667 bits per heavy atom. The maximum absolute atomic E-state index is 14.3. The van der Waals surface area contributed by atoms with Crippen LogP contribution in [0.15, 0.2) is 24.5 Å². The van der Waals surface area contributed by atoms with Crippen LogP contribution in [0.5, 0.6) is 0 Å². The monoisotopic (exact) mass is 796 g/mol. The van der Waals surface area contributed by atoms with Crippen molar-refractivity contribution in [2.45, 2.75) is 150 Å². The minimum absolute atomic E-state index is 0.00897. The number of Topliss-reactive ketones (excluding diaryl/α,β-unsaturated/α-hetero) is 2. The van der Waals surface area contributed by atoms with Gasteiger partial charge in [-0.1, -0.05) is 55.4 Å². The normalized spacial score (nSPS) is 46.8. The second-order valence-electron chi connectivity index (χ2n) is 20.4. The molecule has 57 heavy (non-hydrogen) atoms. The molecule has 1 aromatic rings. The van der Waals surface area contributed by atoms with Crippen molar-refractivity contribution in [3.63, 3.8) is 0 Å². The highest BCUT2D eigenvalue weighted by atomic mass is 16.7. The van der Waals surface area contributed by atoms with E-state index in [1.54, 1.807) is 14.2 Å². The molecule has 16 atom stereocenters. The van der Waals surface area contributed by atoms with E-state index in [4.69, 9.17) is 28.4 Å². The Morgan fingerprint density at radius 2 is 1.14 bits per heavy atom. The van der Waals surface area contributed by atoms with Crippen LogP contribution in [0.4, 0.5) is 0 Å². The van der Waals surface area contributed by atoms with Crippen LogP contribution in [-0.2, 0) is 44.4 Å². The number of hydrogen-bond donors (Lipinski definition) is 0. The van der Waals surface area contributed by atoms with Crippen molar-refractivity contribution in [2.24, 2.45) is 68.5 Å². The van der Waals surface area contributed by atoms with Gasteiger partial charge >= 0.3 is 0 Å². The molecule has 9 nitrogen and oxygen atoms in total. The first-order chi connectivity index (χ1) is 27.0. The van der Waals surface area contributed by atoms with Gasteiger partial charge in [-0.05, 0) is 123 Å². The van der Waals surface area contributed by atoms with Crippen molar-refractivity contribution in [2.75, 3.05) is 42.0 Å². The van der Waals surface area contributed by atoms with E-state index in [2.05, 4.69) is 60.4 Å². The predicted octanol–water partition coefficient (Wildman–Crippen LogP) is 9.14. The topological polar surface area (TPSA) is 102 Å². The number of methoxy groups -OCH3 is 4. The molecule has 0 amide bonds. The summed E-state index contributed by atoms with van der Waals surface area (Å²) < 4.78 is 35.5. The number of hydrogen-bond acceptors (Lipinski definition) is 9. The number of aromatic nitrogens is 1. The number of ketones is 2. The zero-order valence-corrected chi connectivity index (χ0v) is 37.6. The third-order valence-electron chi connectivity index (χ3n) is 18.3. The molecular weight excluding hydrogens is 719 g/mol. The minimum atomic E-state index is -0.499. The summed E-state index contributed by atoms with van der Waals surface area (Å²) in [5.41, 5.74) is 0.642. The first-order valence-corrected chi connectivity index (χ1v) is 22.3. The zero-order valence-electron chi connectivity index (χ0n) is 37.6. The maximum Gasteiger partial charge on any atom is 0.146 e. The fourth-order valence-electron chi connectivity index (χ4n) is 14.8. The molecule has 322 valence electrons. The van der Waals surface area contributed by atoms with Gasteiger partial charge in [-0.15, -0.1) is 0 Å². The van der Waals surface area contributed by atoms with Gasteiger partial charge in [0, 0.05) is 74.8 Å². The summed E-state index contributed by atoms with van der Waals surface area (Å²) in [6, 6.07) is 4.07. The van der Waals surface area contributed by atoms with E-state index in [0.717, 1.165) is 56.9 Å². The number of carbonyl (C=O) groups excluding carboxylic acids is 2. The van der Waals surface area contributed by atoms with Crippen LogP contribution >= 0.6 is 0 Å². The molecule has 6 aliphatic rings. The van der Waals surface area contributed by atoms with Gasteiger partial charge in [-0.2, -0.15) is 0 Å². The van der Waals surface area contributed by atoms with Crippen molar-refractivity contribution >= 4 is 11.6 Å². The molecule has 6 aliphatic carbocycles. The lowest BCUT2D eigenvalue weighted by atomic mass is 9.43. The molecule has 6 fully saturated rings. The van der Waals surface area contributed by atoms with Crippen LogP contribution in [0.2, 0.25) is 0 Å². The Balaban J connectivity index is 0.000000199. The van der Waals surface area contributed by atoms with E-state index >= 15 is 0 Å². The summed E-state index contributed by atoms with van der Waals surface area (Å²) in [6.07, 6.45) is 15.0. The van der Waals surface area contributed by atoms with Gasteiger partial charge < -0.3 is 28.4 Å². The molecule has 9 heteroatoms. The lowest BCUT2D eigenvalue weighted by Crippen LogP contribution is -2.63. The standard InChI is InChI=1S/C27H41NO4.C21H36O4/c1-18-7-11-27-12-8-21(31-6)23(27)26(18,4)22(32-17-30-5)16-25(3,24(29)19(27)2)15-20-9-13-28-14-10-20;1-13-11-17(25-12-23-5)20(4)14(2)7-9-21(15(3)18(13)22)10-8-16(24-6)19(20)21/h9-10,13-14,18-19,21-23H,7-8,11-12,15-17H2,1-6H3;13-17,19H,7-12H2,1-6H3/t18-,19+,21-,22-,23?,25-,26+,27?;13-,14+,15-,16+,17+,19?,20-,21?/m10/s1. The number of pyridine rings is 1. The number of ether oxygens (including phenoxy) is 6. The van der Waals surface area contributed by atoms with Gasteiger partial charge in [0.05, 0.1) is 24.4 Å². The van der Waals surface area contributed by atoms with Gasteiger partial charge in [0.25, 0.3) is 0 Å². The van der Waals surface area contributed by atoms with Crippen molar-refractivity contribution in [1.29, 1.82) is 0 Å². The Kier molecular flexibility index (Phi) is 13.6. The summed E-state index contributed by atoms with van der Waals surface area (Å²) >= 11 is 0. The van der Waals surface area contributed by atoms with Gasteiger partial charge in [-0.3, -0.25) is 14.6 Å². The average Bonchev–Trinajstić information content (AvgIpc) is 3.81. The van der Waals surface area contributed by atoms with E-state index in [1.165, 1.54) is 6.42 Å². The molecule has 7 rings (SSSR count). The Morgan fingerprint density at radius 3 is 1.65 bits per heavy atom. The Labute approximate surface area is 344 Å². The molecule has 0 spiro atoms. The molecule has 4 bridgehead atoms. The Hall–Kier alpha value is -1.75. The summed E-state index contributed by atoms with van der Waals surface area (Å²) in [4.78, 5) is 31.7. The molecule has 0 aliphatic heterocycles. The Bertz CT molecular complexity index is 1540. The highest BCUT2D eigenvalue weighted by Crippen LogP contribution is 2.70. The first kappa shape index (κ1) is 44.8. The predicted molar refractivity (Wildman–Crippen MR) is 221 cm³/mol. The molecule has 0 radical (unpaired) electrons. The summed E-state index contributed by atoms with van der Waals surface area (Å²) in [6.45, 7) is 18.8.